The lowest BCUT2D eigenvalue weighted by molar-refractivity contribution is -0.132. The molecule has 0 heterocycles. The zero-order valence-electron chi connectivity index (χ0n) is 11.4. The van der Waals surface area contributed by atoms with E-state index in [0.29, 0.717) is 16.9 Å². The molecule has 5 heteroatoms. The first kappa shape index (κ1) is 14.5. The number of carbonyl (C=O) groups is 3. The lowest BCUT2D eigenvalue weighted by Gasteiger charge is -2.06. The first-order valence-electron chi connectivity index (χ1n) is 6.34. The molecule has 0 aliphatic rings. The second-order valence-corrected chi connectivity index (χ2v) is 4.41. The van der Waals surface area contributed by atoms with Crippen LogP contribution in [-0.4, -0.2) is 17.6 Å². The summed E-state index contributed by atoms with van der Waals surface area (Å²) in [5.74, 6) is -1.58. The quantitative estimate of drug-likeness (QED) is 0.670. The molecule has 2 N–H and O–H groups in total. The van der Waals surface area contributed by atoms with E-state index in [4.69, 9.17) is 0 Å². The lowest BCUT2D eigenvalue weighted by Crippen LogP contribution is -2.29. The number of amides is 2. The van der Waals surface area contributed by atoms with Gasteiger partial charge in [-0.2, -0.15) is 0 Å². The number of para-hydroxylation sites is 1. The van der Waals surface area contributed by atoms with Gasteiger partial charge in [-0.3, -0.25) is 14.4 Å². The number of rotatable bonds is 3. The zero-order valence-corrected chi connectivity index (χ0v) is 11.4. The van der Waals surface area contributed by atoms with Crippen molar-refractivity contribution in [2.45, 2.75) is 6.92 Å². The molecule has 0 aliphatic carbocycles. The Bertz CT molecular complexity index is 664. The van der Waals surface area contributed by atoms with Gasteiger partial charge in [0.05, 0.1) is 0 Å². The second kappa shape index (κ2) is 6.47. The number of hydrogen-bond acceptors (Lipinski definition) is 3. The molecule has 2 rings (SSSR count). The van der Waals surface area contributed by atoms with E-state index in [1.165, 1.54) is 6.92 Å². The highest BCUT2D eigenvalue weighted by Crippen LogP contribution is 2.10. The van der Waals surface area contributed by atoms with Gasteiger partial charge in [0.15, 0.2) is 5.78 Å². The first-order chi connectivity index (χ1) is 10.1. The third-order valence-corrected chi connectivity index (χ3v) is 2.79. The van der Waals surface area contributed by atoms with Gasteiger partial charge >= 0.3 is 11.8 Å². The maximum Gasteiger partial charge on any atom is 0.314 e. The number of Topliss-reactive ketones (excluding diaryl/α,β-unsaturated/α-hetero) is 1. The average Bonchev–Trinajstić information content (AvgIpc) is 2.48. The highest BCUT2D eigenvalue weighted by atomic mass is 16.2. The van der Waals surface area contributed by atoms with E-state index in [-0.39, 0.29) is 5.78 Å². The molecule has 2 aromatic carbocycles. The van der Waals surface area contributed by atoms with Gasteiger partial charge in [0.1, 0.15) is 0 Å². The fourth-order valence-corrected chi connectivity index (χ4v) is 1.69. The van der Waals surface area contributed by atoms with E-state index in [0.717, 1.165) is 0 Å². The summed E-state index contributed by atoms with van der Waals surface area (Å²) in [5.41, 5.74) is 1.54. The number of benzene rings is 2. The Morgan fingerprint density at radius 3 is 1.67 bits per heavy atom. The average molecular weight is 282 g/mol. The summed E-state index contributed by atoms with van der Waals surface area (Å²) in [6.45, 7) is 1.46. The van der Waals surface area contributed by atoms with Gasteiger partial charge in [-0.1, -0.05) is 18.2 Å². The van der Waals surface area contributed by atoms with Crippen LogP contribution in [0, 0.1) is 0 Å². The second-order valence-electron chi connectivity index (χ2n) is 4.41. The summed E-state index contributed by atoms with van der Waals surface area (Å²) in [4.78, 5) is 34.6. The Hall–Kier alpha value is -2.95. The van der Waals surface area contributed by atoms with Gasteiger partial charge in [-0.25, -0.2) is 0 Å². The van der Waals surface area contributed by atoms with Gasteiger partial charge < -0.3 is 10.6 Å². The van der Waals surface area contributed by atoms with Crippen LogP contribution < -0.4 is 10.6 Å². The van der Waals surface area contributed by atoms with Crippen LogP contribution in [0.15, 0.2) is 54.6 Å². The van der Waals surface area contributed by atoms with Crippen LogP contribution in [0.25, 0.3) is 0 Å². The van der Waals surface area contributed by atoms with Crippen LogP contribution in [0.4, 0.5) is 11.4 Å². The SMILES string of the molecule is CC(=O)c1ccc(NC(=O)C(=O)Nc2ccccc2)cc1. The summed E-state index contributed by atoms with van der Waals surface area (Å²) in [5, 5.41) is 4.95. The summed E-state index contributed by atoms with van der Waals surface area (Å²) in [7, 11) is 0. The number of hydrogen-bond donors (Lipinski definition) is 2. The van der Waals surface area contributed by atoms with Crippen LogP contribution in [-0.2, 0) is 9.59 Å². The van der Waals surface area contributed by atoms with E-state index in [2.05, 4.69) is 10.6 Å². The van der Waals surface area contributed by atoms with Crippen LogP contribution in [0.5, 0.6) is 0 Å². The molecular weight excluding hydrogens is 268 g/mol. The standard InChI is InChI=1S/C16H14N2O3/c1-11(19)12-7-9-14(10-8-12)18-16(21)15(20)17-13-5-3-2-4-6-13/h2-10H,1H3,(H,17,20)(H,18,21). The molecule has 0 atom stereocenters. The van der Waals surface area contributed by atoms with E-state index < -0.39 is 11.8 Å². The maximum absolute atomic E-state index is 11.7. The number of anilines is 2. The van der Waals surface area contributed by atoms with Gasteiger partial charge in [0, 0.05) is 16.9 Å². The molecule has 0 aliphatic heterocycles. The molecule has 21 heavy (non-hydrogen) atoms. The van der Waals surface area contributed by atoms with E-state index in [1.807, 2.05) is 6.07 Å². The molecule has 0 radical (unpaired) electrons. The Kier molecular flexibility index (Phi) is 4.46. The van der Waals surface area contributed by atoms with Crippen molar-refractivity contribution < 1.29 is 14.4 Å². The molecule has 0 saturated heterocycles. The minimum Gasteiger partial charge on any atom is -0.318 e. The smallest absolute Gasteiger partial charge is 0.314 e. The number of carbonyl (C=O) groups excluding carboxylic acids is 3. The fourth-order valence-electron chi connectivity index (χ4n) is 1.69. The predicted molar refractivity (Wildman–Crippen MR) is 80.1 cm³/mol. The molecule has 0 bridgehead atoms. The maximum atomic E-state index is 11.7. The molecule has 5 nitrogen and oxygen atoms in total. The van der Waals surface area contributed by atoms with Crippen molar-refractivity contribution in [2.75, 3.05) is 10.6 Å². The Balaban J connectivity index is 1.97. The molecule has 0 spiro atoms. The fraction of sp³-hybridized carbons (Fsp3) is 0.0625. The van der Waals surface area contributed by atoms with Crippen molar-refractivity contribution in [3.05, 3.63) is 60.2 Å². The molecule has 0 aromatic heterocycles. The van der Waals surface area contributed by atoms with Crippen molar-refractivity contribution >= 4 is 29.0 Å². The number of nitrogens with one attached hydrogen (secondary N) is 2. The molecule has 2 amide bonds. The molecule has 0 fully saturated rings. The van der Waals surface area contributed by atoms with Gasteiger partial charge in [0.2, 0.25) is 0 Å². The third-order valence-electron chi connectivity index (χ3n) is 2.79. The van der Waals surface area contributed by atoms with Crippen LogP contribution >= 0.6 is 0 Å². The van der Waals surface area contributed by atoms with E-state index >= 15 is 0 Å². The lowest BCUT2D eigenvalue weighted by atomic mass is 10.1. The van der Waals surface area contributed by atoms with Gasteiger partial charge in [0.25, 0.3) is 0 Å². The normalized spacial score (nSPS) is 9.76. The van der Waals surface area contributed by atoms with Crippen LogP contribution in [0.1, 0.15) is 17.3 Å². The van der Waals surface area contributed by atoms with Crippen molar-refractivity contribution in [1.82, 2.24) is 0 Å². The minimum absolute atomic E-state index is 0.0605. The summed E-state index contributed by atoms with van der Waals surface area (Å²) >= 11 is 0. The topological polar surface area (TPSA) is 75.3 Å². The Labute approximate surface area is 122 Å². The summed E-state index contributed by atoms with van der Waals surface area (Å²) in [6.07, 6.45) is 0. The van der Waals surface area contributed by atoms with Crippen molar-refractivity contribution in [3.63, 3.8) is 0 Å². The Morgan fingerprint density at radius 2 is 1.19 bits per heavy atom. The summed E-state index contributed by atoms with van der Waals surface area (Å²) in [6, 6.07) is 15.0. The van der Waals surface area contributed by atoms with Gasteiger partial charge in [-0.15, -0.1) is 0 Å². The third kappa shape index (κ3) is 4.01. The van der Waals surface area contributed by atoms with Crippen molar-refractivity contribution in [3.8, 4) is 0 Å². The first-order valence-corrected chi connectivity index (χ1v) is 6.34. The predicted octanol–water partition coefficient (Wildman–Crippen LogP) is 2.47. The monoisotopic (exact) mass is 282 g/mol. The molecule has 0 saturated carbocycles. The Morgan fingerprint density at radius 1 is 0.714 bits per heavy atom. The van der Waals surface area contributed by atoms with E-state index in [1.54, 1.807) is 48.5 Å². The summed E-state index contributed by atoms with van der Waals surface area (Å²) < 4.78 is 0. The van der Waals surface area contributed by atoms with Crippen LogP contribution in [0.2, 0.25) is 0 Å². The largest absolute Gasteiger partial charge is 0.318 e. The van der Waals surface area contributed by atoms with E-state index in [9.17, 15) is 14.4 Å². The molecular formula is C16H14N2O3. The molecule has 2 aromatic rings. The van der Waals surface area contributed by atoms with Crippen molar-refractivity contribution in [2.24, 2.45) is 0 Å². The minimum atomic E-state index is -0.769. The highest BCUT2D eigenvalue weighted by Gasteiger charge is 2.13. The van der Waals surface area contributed by atoms with Crippen LogP contribution in [0.3, 0.4) is 0 Å². The zero-order chi connectivity index (χ0) is 15.2. The molecule has 0 unspecified atom stereocenters. The van der Waals surface area contributed by atoms with Crippen molar-refractivity contribution in [1.29, 1.82) is 0 Å². The number of ketones is 1. The van der Waals surface area contributed by atoms with Gasteiger partial charge in [-0.05, 0) is 43.3 Å². The highest BCUT2D eigenvalue weighted by molar-refractivity contribution is 6.43. The molecule has 106 valence electrons.